The molecule has 148 valence electrons. The molecule has 0 saturated heterocycles. The van der Waals surface area contributed by atoms with Gasteiger partial charge in [-0.1, -0.05) is 60.7 Å². The molecular formula is C24H24N2O3. The van der Waals surface area contributed by atoms with Crippen molar-refractivity contribution in [2.75, 3.05) is 25.6 Å². The van der Waals surface area contributed by atoms with E-state index in [1.807, 2.05) is 60.7 Å². The summed E-state index contributed by atoms with van der Waals surface area (Å²) in [4.78, 5) is 25.2. The molecule has 29 heavy (non-hydrogen) atoms. The zero-order chi connectivity index (χ0) is 20.5. The Hall–Kier alpha value is -3.44. The zero-order valence-corrected chi connectivity index (χ0v) is 16.3. The molecule has 3 aromatic carbocycles. The van der Waals surface area contributed by atoms with Crippen LogP contribution in [0, 0.1) is 0 Å². The number of hydrogen-bond donors (Lipinski definition) is 2. The fourth-order valence-corrected chi connectivity index (χ4v) is 3.07. The number of methoxy groups -OCH3 is 1. The molecule has 5 heteroatoms. The highest BCUT2D eigenvalue weighted by molar-refractivity contribution is 5.99. The van der Waals surface area contributed by atoms with Gasteiger partial charge >= 0.3 is 0 Å². The minimum absolute atomic E-state index is 0.125. The second-order valence-corrected chi connectivity index (χ2v) is 6.57. The van der Waals surface area contributed by atoms with Crippen molar-refractivity contribution in [1.82, 2.24) is 5.32 Å². The second kappa shape index (κ2) is 10.2. The van der Waals surface area contributed by atoms with Crippen molar-refractivity contribution < 1.29 is 14.3 Å². The SMILES string of the molecule is COCCNC(=O)c1ccc(NC(=O)C(c2ccccc2)c2ccccc2)cc1. The Kier molecular flexibility index (Phi) is 7.14. The first-order valence-corrected chi connectivity index (χ1v) is 9.47. The maximum atomic E-state index is 13.1. The van der Waals surface area contributed by atoms with Crippen molar-refractivity contribution in [1.29, 1.82) is 0 Å². The van der Waals surface area contributed by atoms with E-state index in [4.69, 9.17) is 4.74 Å². The summed E-state index contributed by atoms with van der Waals surface area (Å²) in [5.41, 5.74) is 3.01. The molecule has 0 aromatic heterocycles. The van der Waals surface area contributed by atoms with Crippen molar-refractivity contribution in [2.45, 2.75) is 5.92 Å². The number of carbonyl (C=O) groups is 2. The molecule has 0 heterocycles. The molecule has 0 aliphatic rings. The van der Waals surface area contributed by atoms with Crippen molar-refractivity contribution in [3.63, 3.8) is 0 Å². The third kappa shape index (κ3) is 5.53. The van der Waals surface area contributed by atoms with Crippen molar-refractivity contribution in [3.05, 3.63) is 102 Å². The predicted molar refractivity (Wildman–Crippen MR) is 114 cm³/mol. The van der Waals surface area contributed by atoms with E-state index in [1.165, 1.54) is 0 Å². The normalized spacial score (nSPS) is 10.6. The van der Waals surface area contributed by atoms with E-state index in [2.05, 4.69) is 10.6 Å². The van der Waals surface area contributed by atoms with Gasteiger partial charge in [0, 0.05) is 24.9 Å². The fraction of sp³-hybridized carbons (Fsp3) is 0.167. The maximum absolute atomic E-state index is 13.1. The molecule has 0 saturated carbocycles. The summed E-state index contributed by atoms with van der Waals surface area (Å²) >= 11 is 0. The molecular weight excluding hydrogens is 364 g/mol. The lowest BCUT2D eigenvalue weighted by Crippen LogP contribution is -2.27. The Bertz CT molecular complexity index is 886. The summed E-state index contributed by atoms with van der Waals surface area (Å²) in [6, 6.07) is 26.2. The average Bonchev–Trinajstić information content (AvgIpc) is 2.76. The summed E-state index contributed by atoms with van der Waals surface area (Å²) in [5, 5.41) is 5.74. The zero-order valence-electron chi connectivity index (χ0n) is 16.3. The molecule has 0 bridgehead atoms. The minimum atomic E-state index is -0.422. The number of anilines is 1. The Labute approximate surface area is 170 Å². The number of nitrogens with one attached hydrogen (secondary N) is 2. The van der Waals surface area contributed by atoms with Crippen LogP contribution in [0.15, 0.2) is 84.9 Å². The monoisotopic (exact) mass is 388 g/mol. The van der Waals surface area contributed by atoms with Gasteiger partial charge in [-0.15, -0.1) is 0 Å². The van der Waals surface area contributed by atoms with Crippen LogP contribution in [-0.2, 0) is 9.53 Å². The van der Waals surface area contributed by atoms with Crippen LogP contribution in [0.4, 0.5) is 5.69 Å². The number of benzene rings is 3. The lowest BCUT2D eigenvalue weighted by atomic mass is 9.90. The number of rotatable bonds is 8. The largest absolute Gasteiger partial charge is 0.383 e. The first-order chi connectivity index (χ1) is 14.2. The van der Waals surface area contributed by atoms with Crippen LogP contribution in [-0.4, -0.2) is 32.1 Å². The molecule has 0 fully saturated rings. The van der Waals surface area contributed by atoms with Crippen LogP contribution in [0.25, 0.3) is 0 Å². The topological polar surface area (TPSA) is 67.4 Å². The van der Waals surface area contributed by atoms with E-state index in [9.17, 15) is 9.59 Å². The molecule has 2 N–H and O–H groups in total. The predicted octanol–water partition coefficient (Wildman–Crippen LogP) is 3.83. The maximum Gasteiger partial charge on any atom is 0.251 e. The van der Waals surface area contributed by atoms with Crippen molar-refractivity contribution in [2.24, 2.45) is 0 Å². The molecule has 5 nitrogen and oxygen atoms in total. The van der Waals surface area contributed by atoms with Gasteiger partial charge in [-0.2, -0.15) is 0 Å². The van der Waals surface area contributed by atoms with Gasteiger partial charge in [0.15, 0.2) is 0 Å². The van der Waals surface area contributed by atoms with E-state index in [1.54, 1.807) is 31.4 Å². The smallest absolute Gasteiger partial charge is 0.251 e. The first kappa shape index (κ1) is 20.3. The van der Waals surface area contributed by atoms with Crippen LogP contribution < -0.4 is 10.6 Å². The molecule has 0 unspecified atom stereocenters. The number of ether oxygens (including phenoxy) is 1. The molecule has 0 aliphatic heterocycles. The van der Waals surface area contributed by atoms with E-state index in [-0.39, 0.29) is 11.8 Å². The minimum Gasteiger partial charge on any atom is -0.383 e. The first-order valence-electron chi connectivity index (χ1n) is 9.47. The summed E-state index contributed by atoms with van der Waals surface area (Å²) in [7, 11) is 1.59. The van der Waals surface area contributed by atoms with Gasteiger partial charge in [0.25, 0.3) is 5.91 Å². The highest BCUT2D eigenvalue weighted by Gasteiger charge is 2.22. The highest BCUT2D eigenvalue weighted by Crippen LogP contribution is 2.26. The van der Waals surface area contributed by atoms with E-state index in [0.29, 0.717) is 24.4 Å². The van der Waals surface area contributed by atoms with E-state index in [0.717, 1.165) is 11.1 Å². The van der Waals surface area contributed by atoms with Gasteiger partial charge in [0.1, 0.15) is 0 Å². The summed E-state index contributed by atoms with van der Waals surface area (Å²) in [5.74, 6) is -0.722. The van der Waals surface area contributed by atoms with Crippen LogP contribution in [0.2, 0.25) is 0 Å². The molecule has 3 rings (SSSR count). The molecule has 2 amide bonds. The van der Waals surface area contributed by atoms with E-state index >= 15 is 0 Å². The Balaban J connectivity index is 1.74. The summed E-state index contributed by atoms with van der Waals surface area (Å²) in [6.45, 7) is 0.907. The van der Waals surface area contributed by atoms with Crippen molar-refractivity contribution >= 4 is 17.5 Å². The van der Waals surface area contributed by atoms with Gasteiger partial charge in [-0.05, 0) is 35.4 Å². The summed E-state index contributed by atoms with van der Waals surface area (Å²) < 4.78 is 4.92. The summed E-state index contributed by atoms with van der Waals surface area (Å²) in [6.07, 6.45) is 0. The van der Waals surface area contributed by atoms with E-state index < -0.39 is 5.92 Å². The molecule has 0 atom stereocenters. The highest BCUT2D eigenvalue weighted by atomic mass is 16.5. The fourth-order valence-electron chi connectivity index (χ4n) is 3.07. The third-order valence-electron chi connectivity index (χ3n) is 4.53. The van der Waals surface area contributed by atoms with Crippen LogP contribution in [0.5, 0.6) is 0 Å². The molecule has 0 aliphatic carbocycles. The van der Waals surface area contributed by atoms with Gasteiger partial charge in [-0.3, -0.25) is 9.59 Å². The quantitative estimate of drug-likeness (QED) is 0.576. The Morgan fingerprint density at radius 2 is 1.38 bits per heavy atom. The van der Waals surface area contributed by atoms with Gasteiger partial charge in [-0.25, -0.2) is 0 Å². The van der Waals surface area contributed by atoms with Gasteiger partial charge < -0.3 is 15.4 Å². The number of hydrogen-bond acceptors (Lipinski definition) is 3. The number of carbonyl (C=O) groups excluding carboxylic acids is 2. The second-order valence-electron chi connectivity index (χ2n) is 6.57. The van der Waals surface area contributed by atoms with Gasteiger partial charge in [0.2, 0.25) is 5.91 Å². The molecule has 3 aromatic rings. The third-order valence-corrected chi connectivity index (χ3v) is 4.53. The molecule has 0 radical (unpaired) electrons. The van der Waals surface area contributed by atoms with Crippen molar-refractivity contribution in [3.8, 4) is 0 Å². The van der Waals surface area contributed by atoms with Crippen LogP contribution >= 0.6 is 0 Å². The molecule has 0 spiro atoms. The Morgan fingerprint density at radius 3 is 1.90 bits per heavy atom. The lowest BCUT2D eigenvalue weighted by Gasteiger charge is -2.18. The number of amides is 2. The van der Waals surface area contributed by atoms with Crippen LogP contribution in [0.3, 0.4) is 0 Å². The van der Waals surface area contributed by atoms with Crippen LogP contribution in [0.1, 0.15) is 27.4 Å². The average molecular weight is 388 g/mol. The standard InChI is InChI=1S/C24H24N2O3/c1-29-17-16-25-23(27)20-12-14-21(15-13-20)26-24(28)22(18-8-4-2-5-9-18)19-10-6-3-7-11-19/h2-15,22H,16-17H2,1H3,(H,25,27)(H,26,28). The Morgan fingerprint density at radius 1 is 0.828 bits per heavy atom. The lowest BCUT2D eigenvalue weighted by molar-refractivity contribution is -0.116. The van der Waals surface area contributed by atoms with Gasteiger partial charge in [0.05, 0.1) is 12.5 Å².